The van der Waals surface area contributed by atoms with Gasteiger partial charge in [-0.25, -0.2) is 4.79 Å². The molecular formula is C11H11ClF3NO3. The van der Waals surface area contributed by atoms with Gasteiger partial charge in [0.2, 0.25) is 0 Å². The summed E-state index contributed by atoms with van der Waals surface area (Å²) < 4.78 is 47.2. The zero-order valence-electron chi connectivity index (χ0n) is 9.78. The molecule has 8 heteroatoms. The van der Waals surface area contributed by atoms with E-state index in [-0.39, 0.29) is 24.8 Å². The van der Waals surface area contributed by atoms with Gasteiger partial charge in [0, 0.05) is 5.56 Å². The molecule has 0 radical (unpaired) electrons. The molecule has 1 fully saturated rings. The Morgan fingerprint density at radius 3 is 2.58 bits per heavy atom. The molecule has 106 valence electrons. The highest BCUT2D eigenvalue weighted by Crippen LogP contribution is 2.35. The molecule has 1 aromatic rings. The summed E-state index contributed by atoms with van der Waals surface area (Å²) in [6.07, 6.45) is -5.02. The second kappa shape index (κ2) is 5.56. The van der Waals surface area contributed by atoms with Gasteiger partial charge in [0.1, 0.15) is 12.4 Å². The Kier molecular flexibility index (Phi) is 4.52. The second-order valence-electron chi connectivity index (χ2n) is 3.75. The maximum absolute atomic E-state index is 12.5. The van der Waals surface area contributed by atoms with Crippen molar-refractivity contribution < 1.29 is 27.4 Å². The molecule has 1 aliphatic rings. The molecule has 19 heavy (non-hydrogen) atoms. The van der Waals surface area contributed by atoms with Crippen molar-refractivity contribution in [1.82, 2.24) is 5.32 Å². The van der Waals surface area contributed by atoms with E-state index in [1.807, 2.05) is 0 Å². The van der Waals surface area contributed by atoms with Crippen LogP contribution in [0.5, 0.6) is 5.75 Å². The zero-order chi connectivity index (χ0) is 13.3. The average Bonchev–Trinajstić information content (AvgIpc) is 2.73. The number of benzene rings is 1. The number of amides is 1. The van der Waals surface area contributed by atoms with Crippen LogP contribution in [-0.4, -0.2) is 19.8 Å². The van der Waals surface area contributed by atoms with Crippen LogP contribution in [0.1, 0.15) is 17.2 Å². The van der Waals surface area contributed by atoms with Crippen LogP contribution in [0, 0.1) is 0 Å². The largest absolute Gasteiger partial charge is 0.496 e. The molecule has 1 aliphatic heterocycles. The van der Waals surface area contributed by atoms with Gasteiger partial charge in [-0.3, -0.25) is 0 Å². The summed E-state index contributed by atoms with van der Waals surface area (Å²) in [7, 11) is 1.27. The summed E-state index contributed by atoms with van der Waals surface area (Å²) in [4.78, 5) is 10.9. The number of methoxy groups -OCH3 is 1. The molecule has 1 heterocycles. The summed E-state index contributed by atoms with van der Waals surface area (Å²) in [6, 6.07) is 2.64. The quantitative estimate of drug-likeness (QED) is 0.913. The van der Waals surface area contributed by atoms with Gasteiger partial charge in [-0.15, -0.1) is 12.4 Å². The van der Waals surface area contributed by atoms with E-state index in [2.05, 4.69) is 10.1 Å². The Morgan fingerprint density at radius 2 is 2.11 bits per heavy atom. The number of halogens is 4. The molecule has 0 aromatic heterocycles. The van der Waals surface area contributed by atoms with Crippen molar-refractivity contribution in [3.8, 4) is 5.75 Å². The van der Waals surface area contributed by atoms with Crippen molar-refractivity contribution >= 4 is 18.5 Å². The van der Waals surface area contributed by atoms with Crippen LogP contribution in [0.15, 0.2) is 18.2 Å². The molecule has 2 rings (SSSR count). The molecule has 1 saturated heterocycles. The first-order valence-electron chi connectivity index (χ1n) is 5.10. The van der Waals surface area contributed by atoms with E-state index in [4.69, 9.17) is 4.74 Å². The molecule has 0 spiro atoms. The van der Waals surface area contributed by atoms with E-state index in [9.17, 15) is 18.0 Å². The minimum absolute atomic E-state index is 0. The van der Waals surface area contributed by atoms with Crippen LogP contribution in [0.4, 0.5) is 18.0 Å². The number of carbonyl (C=O) groups is 1. The van der Waals surface area contributed by atoms with Crippen LogP contribution in [-0.2, 0) is 10.9 Å². The average molecular weight is 298 g/mol. The smallest absolute Gasteiger partial charge is 0.416 e. The first-order valence-corrected chi connectivity index (χ1v) is 5.10. The van der Waals surface area contributed by atoms with E-state index >= 15 is 0 Å². The minimum Gasteiger partial charge on any atom is -0.496 e. The molecular weight excluding hydrogens is 287 g/mol. The van der Waals surface area contributed by atoms with Gasteiger partial charge < -0.3 is 14.8 Å². The van der Waals surface area contributed by atoms with Gasteiger partial charge in [0.15, 0.2) is 0 Å². The lowest BCUT2D eigenvalue weighted by molar-refractivity contribution is -0.137. The highest BCUT2D eigenvalue weighted by Gasteiger charge is 2.33. The van der Waals surface area contributed by atoms with Gasteiger partial charge in [-0.1, -0.05) is 6.07 Å². The number of hydrogen-bond acceptors (Lipinski definition) is 3. The fraction of sp³-hybridized carbons (Fsp3) is 0.364. The number of cyclic esters (lactones) is 1. The van der Waals surface area contributed by atoms with Crippen molar-refractivity contribution in [3.63, 3.8) is 0 Å². The van der Waals surface area contributed by atoms with Crippen LogP contribution < -0.4 is 10.1 Å². The normalized spacial score (nSPS) is 18.3. The van der Waals surface area contributed by atoms with Gasteiger partial charge in [0.05, 0.1) is 18.7 Å². The van der Waals surface area contributed by atoms with Gasteiger partial charge in [0.25, 0.3) is 0 Å². The van der Waals surface area contributed by atoms with Crippen LogP contribution in [0.25, 0.3) is 0 Å². The third-order valence-electron chi connectivity index (χ3n) is 2.61. The summed E-state index contributed by atoms with van der Waals surface area (Å²) in [6.45, 7) is 0.0700. The Labute approximate surface area is 113 Å². The minimum atomic E-state index is -4.43. The molecule has 4 nitrogen and oxygen atoms in total. The Hall–Kier alpha value is -1.63. The number of carbonyl (C=O) groups excluding carboxylic acids is 1. The molecule has 0 saturated carbocycles. The van der Waals surface area contributed by atoms with E-state index in [1.165, 1.54) is 13.2 Å². The second-order valence-corrected chi connectivity index (χ2v) is 3.75. The van der Waals surface area contributed by atoms with Crippen molar-refractivity contribution in [3.05, 3.63) is 29.3 Å². The van der Waals surface area contributed by atoms with E-state index in [0.717, 1.165) is 12.1 Å². The Morgan fingerprint density at radius 1 is 1.42 bits per heavy atom. The summed E-state index contributed by atoms with van der Waals surface area (Å²) >= 11 is 0. The standard InChI is InChI=1S/C11H10F3NO3.ClH/c1-17-9-4-6(11(12,13)14)2-3-7(9)8-5-18-10(16)15-8;/h2-4,8H,5H2,1H3,(H,15,16);1H/t8-;/m1./s1. The lowest BCUT2D eigenvalue weighted by Crippen LogP contribution is -2.19. The van der Waals surface area contributed by atoms with Crippen LogP contribution in [0.2, 0.25) is 0 Å². The van der Waals surface area contributed by atoms with Crippen molar-refractivity contribution in [2.75, 3.05) is 13.7 Å². The highest BCUT2D eigenvalue weighted by atomic mass is 35.5. The monoisotopic (exact) mass is 297 g/mol. The molecule has 1 atom stereocenters. The van der Waals surface area contributed by atoms with Crippen LogP contribution >= 0.6 is 12.4 Å². The first-order chi connectivity index (χ1) is 8.41. The number of ether oxygens (including phenoxy) is 2. The van der Waals surface area contributed by atoms with Gasteiger partial charge in [-0.2, -0.15) is 13.2 Å². The number of hydrogen-bond donors (Lipinski definition) is 1. The van der Waals surface area contributed by atoms with Crippen molar-refractivity contribution in [2.24, 2.45) is 0 Å². The number of nitrogens with one attached hydrogen (secondary N) is 1. The number of rotatable bonds is 2. The number of alkyl carbamates (subject to hydrolysis) is 1. The summed E-state index contributed by atoms with van der Waals surface area (Å²) in [5, 5.41) is 2.48. The first kappa shape index (κ1) is 15.4. The highest BCUT2D eigenvalue weighted by molar-refractivity contribution is 5.85. The topological polar surface area (TPSA) is 47.6 Å². The fourth-order valence-electron chi connectivity index (χ4n) is 1.73. The van der Waals surface area contributed by atoms with Crippen LogP contribution in [0.3, 0.4) is 0 Å². The van der Waals surface area contributed by atoms with Crippen molar-refractivity contribution in [1.29, 1.82) is 0 Å². The third-order valence-corrected chi connectivity index (χ3v) is 2.61. The van der Waals surface area contributed by atoms with E-state index < -0.39 is 23.9 Å². The van der Waals surface area contributed by atoms with Gasteiger partial charge >= 0.3 is 12.3 Å². The molecule has 1 N–H and O–H groups in total. The maximum Gasteiger partial charge on any atom is 0.416 e. The lowest BCUT2D eigenvalue weighted by Gasteiger charge is -2.15. The summed E-state index contributed by atoms with van der Waals surface area (Å²) in [5.41, 5.74) is -0.343. The third kappa shape index (κ3) is 3.23. The molecule has 0 unspecified atom stereocenters. The maximum atomic E-state index is 12.5. The lowest BCUT2D eigenvalue weighted by atomic mass is 10.0. The molecule has 0 aliphatic carbocycles. The van der Waals surface area contributed by atoms with E-state index in [1.54, 1.807) is 0 Å². The fourth-order valence-corrected chi connectivity index (χ4v) is 1.73. The SMILES string of the molecule is COc1cc(C(F)(F)F)ccc1[C@H]1COC(=O)N1.Cl. The Balaban J connectivity index is 0.00000180. The van der Waals surface area contributed by atoms with E-state index in [0.29, 0.717) is 5.56 Å². The molecule has 0 bridgehead atoms. The van der Waals surface area contributed by atoms with Gasteiger partial charge in [-0.05, 0) is 12.1 Å². The summed E-state index contributed by atoms with van der Waals surface area (Å²) in [5.74, 6) is 0.0700. The Bertz CT molecular complexity index is 479. The predicted octanol–water partition coefficient (Wildman–Crippen LogP) is 2.92. The zero-order valence-corrected chi connectivity index (χ0v) is 10.6. The predicted molar refractivity (Wildman–Crippen MR) is 62.5 cm³/mol. The van der Waals surface area contributed by atoms with Crippen molar-refractivity contribution in [2.45, 2.75) is 12.2 Å². The number of alkyl halides is 3. The molecule has 1 aromatic carbocycles. The molecule has 1 amide bonds.